The van der Waals surface area contributed by atoms with Crippen molar-refractivity contribution in [1.29, 1.82) is 0 Å². The average molecular weight is 1010 g/mol. The summed E-state index contributed by atoms with van der Waals surface area (Å²) in [5.74, 6) is 0. The second-order valence-corrected chi connectivity index (χ2v) is 25.5. The van der Waals surface area contributed by atoms with E-state index in [4.69, 9.17) is 0 Å². The van der Waals surface area contributed by atoms with Gasteiger partial charge in [0.15, 0.2) is 0 Å². The van der Waals surface area contributed by atoms with Crippen molar-refractivity contribution in [2.45, 2.75) is 462 Å². The first kappa shape index (κ1) is 70.0. The fraction of sp³-hybridized carbons (Fsp3) is 1.00. The van der Waals surface area contributed by atoms with E-state index in [1.807, 2.05) is 0 Å². The molecular formula is C72H144. The van der Waals surface area contributed by atoms with Gasteiger partial charge in [0.05, 0.1) is 0 Å². The molecule has 0 amide bonds. The van der Waals surface area contributed by atoms with Crippen LogP contribution in [0.15, 0.2) is 0 Å². The highest BCUT2D eigenvalue weighted by Gasteiger charge is 2.02. The molecule has 0 bridgehead atoms. The standard InChI is InChI=1S/C72H144/c1-2-4-6-8-10-12-14-16-18-20-22-24-26-28-30-32-34-36-38-40-42-44-46-48-50-52-54-56-58-60-62-64-66-68-70-72-71-69-67-65-63-61-59-57-55-53-51-49-47-45-43-41-39-37-35-33-31-29-27-25-23-21-19-17-15-13-11-9-7-5-3-1/h1-72H2. The van der Waals surface area contributed by atoms with Gasteiger partial charge in [0.1, 0.15) is 0 Å². The summed E-state index contributed by atoms with van der Waals surface area (Å²) in [5.41, 5.74) is 0. The lowest BCUT2D eigenvalue weighted by atomic mass is 10.0. The molecule has 1 aliphatic carbocycles. The lowest BCUT2D eigenvalue weighted by molar-refractivity contribution is 0.504. The highest BCUT2D eigenvalue weighted by molar-refractivity contribution is 4.57. The molecule has 1 fully saturated rings. The quantitative estimate of drug-likeness (QED) is 0.227. The summed E-state index contributed by atoms with van der Waals surface area (Å²) in [7, 11) is 0. The Hall–Kier alpha value is 0. The number of rotatable bonds is 0. The fourth-order valence-corrected chi connectivity index (χ4v) is 12.7. The van der Waals surface area contributed by atoms with Gasteiger partial charge in [0, 0.05) is 0 Å². The van der Waals surface area contributed by atoms with Gasteiger partial charge in [-0.2, -0.15) is 0 Å². The van der Waals surface area contributed by atoms with Crippen LogP contribution < -0.4 is 0 Å². The summed E-state index contributed by atoms with van der Waals surface area (Å²) >= 11 is 0. The van der Waals surface area contributed by atoms with Crippen LogP contribution in [0.3, 0.4) is 0 Å². The van der Waals surface area contributed by atoms with E-state index in [-0.39, 0.29) is 0 Å². The molecule has 0 aromatic rings. The fourth-order valence-electron chi connectivity index (χ4n) is 12.7. The van der Waals surface area contributed by atoms with Crippen molar-refractivity contribution in [3.05, 3.63) is 0 Å². The minimum Gasteiger partial charge on any atom is -0.0533 e. The molecule has 432 valence electrons. The summed E-state index contributed by atoms with van der Waals surface area (Å²) in [4.78, 5) is 0. The van der Waals surface area contributed by atoms with Crippen LogP contribution in [0.5, 0.6) is 0 Å². The van der Waals surface area contributed by atoms with Crippen molar-refractivity contribution in [2.75, 3.05) is 0 Å². The Morgan fingerprint density at radius 2 is 0.0417 bits per heavy atom. The van der Waals surface area contributed by atoms with E-state index >= 15 is 0 Å². The first-order chi connectivity index (χ1) is 36.0. The van der Waals surface area contributed by atoms with Crippen LogP contribution in [0.25, 0.3) is 0 Å². The normalized spacial score (nSPS) is 24.0. The van der Waals surface area contributed by atoms with E-state index < -0.39 is 0 Å². The summed E-state index contributed by atoms with van der Waals surface area (Å²) in [6, 6.07) is 0. The molecule has 0 radical (unpaired) electrons. The largest absolute Gasteiger partial charge is 0.0533 e. The van der Waals surface area contributed by atoms with Crippen LogP contribution in [-0.4, -0.2) is 0 Å². The molecule has 0 nitrogen and oxygen atoms in total. The Balaban J connectivity index is 2.00. The van der Waals surface area contributed by atoms with Crippen LogP contribution in [0, 0.1) is 0 Å². The Labute approximate surface area is 460 Å². The van der Waals surface area contributed by atoms with Gasteiger partial charge in [-0.15, -0.1) is 0 Å². The predicted octanol–water partition coefficient (Wildman–Crippen LogP) is 28.1. The van der Waals surface area contributed by atoms with Gasteiger partial charge in [-0.1, -0.05) is 462 Å². The van der Waals surface area contributed by atoms with Crippen molar-refractivity contribution in [3.8, 4) is 0 Å². The van der Waals surface area contributed by atoms with E-state index in [1.165, 1.54) is 462 Å². The Morgan fingerprint density at radius 3 is 0.0556 bits per heavy atom. The average Bonchev–Trinajstić information content (AvgIpc) is 3.39. The molecule has 0 aromatic heterocycles. The van der Waals surface area contributed by atoms with Gasteiger partial charge in [0.2, 0.25) is 0 Å². The molecule has 0 unspecified atom stereocenters. The van der Waals surface area contributed by atoms with Crippen LogP contribution in [0.4, 0.5) is 0 Å². The molecule has 72 heavy (non-hydrogen) atoms. The Kier molecular flexibility index (Phi) is 65.3. The molecule has 0 atom stereocenters. The highest BCUT2D eigenvalue weighted by Crippen LogP contribution is 2.21. The second kappa shape index (κ2) is 67.1. The van der Waals surface area contributed by atoms with Crippen molar-refractivity contribution in [3.63, 3.8) is 0 Å². The van der Waals surface area contributed by atoms with E-state index in [0.29, 0.717) is 0 Å². The van der Waals surface area contributed by atoms with Gasteiger partial charge >= 0.3 is 0 Å². The molecule has 0 heterocycles. The predicted molar refractivity (Wildman–Crippen MR) is 332 cm³/mol. The van der Waals surface area contributed by atoms with Crippen LogP contribution in [0.2, 0.25) is 0 Å². The van der Waals surface area contributed by atoms with E-state index in [0.717, 1.165) is 0 Å². The lowest BCUT2D eigenvalue weighted by Gasteiger charge is -2.05. The molecule has 1 aliphatic rings. The van der Waals surface area contributed by atoms with Crippen molar-refractivity contribution < 1.29 is 0 Å². The molecule has 0 aromatic carbocycles. The monoisotopic (exact) mass is 1010 g/mol. The smallest absolute Gasteiger partial charge is 0.0533 e. The Morgan fingerprint density at radius 1 is 0.0278 bits per heavy atom. The van der Waals surface area contributed by atoms with Crippen molar-refractivity contribution >= 4 is 0 Å². The zero-order valence-corrected chi connectivity index (χ0v) is 50.9. The van der Waals surface area contributed by atoms with Crippen LogP contribution in [0.1, 0.15) is 462 Å². The lowest BCUT2D eigenvalue weighted by Crippen LogP contribution is -1.85. The first-order valence-corrected chi connectivity index (χ1v) is 36.0. The number of hydrogen-bond donors (Lipinski definition) is 0. The minimum atomic E-state index is 1.50. The zero-order valence-electron chi connectivity index (χ0n) is 50.9. The topological polar surface area (TPSA) is 0 Å². The highest BCUT2D eigenvalue weighted by atomic mass is 14.1. The molecule has 0 aliphatic heterocycles. The third-order valence-corrected chi connectivity index (χ3v) is 18.0. The SMILES string of the molecule is C1CCCCCCCCCCCCCCCCCCCCCCCCCCCCCCCCCCCCCCCCCCCCCCCCCCCCCCCCCCCCCCCCCCCCCCC1. The van der Waals surface area contributed by atoms with E-state index in [2.05, 4.69) is 0 Å². The van der Waals surface area contributed by atoms with Crippen molar-refractivity contribution in [2.24, 2.45) is 0 Å². The third-order valence-electron chi connectivity index (χ3n) is 18.0. The molecule has 0 N–H and O–H groups in total. The third kappa shape index (κ3) is 64.3. The van der Waals surface area contributed by atoms with Crippen LogP contribution >= 0.6 is 0 Å². The zero-order chi connectivity index (χ0) is 50.9. The van der Waals surface area contributed by atoms with Crippen LogP contribution in [-0.2, 0) is 0 Å². The van der Waals surface area contributed by atoms with Gasteiger partial charge in [-0.3, -0.25) is 0 Å². The first-order valence-electron chi connectivity index (χ1n) is 36.0. The molecular weight excluding hydrogens is 865 g/mol. The summed E-state index contributed by atoms with van der Waals surface area (Å²) in [5, 5.41) is 0. The molecule has 0 saturated heterocycles. The molecule has 0 spiro atoms. The minimum absolute atomic E-state index is 1.50. The maximum Gasteiger partial charge on any atom is -0.0533 e. The second-order valence-electron chi connectivity index (χ2n) is 25.5. The van der Waals surface area contributed by atoms with Gasteiger partial charge in [-0.25, -0.2) is 0 Å². The molecule has 1 saturated carbocycles. The summed E-state index contributed by atoms with van der Waals surface area (Å²) in [6.07, 6.45) is 108. The van der Waals surface area contributed by atoms with Gasteiger partial charge in [0.25, 0.3) is 0 Å². The summed E-state index contributed by atoms with van der Waals surface area (Å²) < 4.78 is 0. The van der Waals surface area contributed by atoms with Gasteiger partial charge < -0.3 is 0 Å². The molecule has 0 heteroatoms. The van der Waals surface area contributed by atoms with E-state index in [9.17, 15) is 0 Å². The number of hydrogen-bond acceptors (Lipinski definition) is 0. The maximum absolute atomic E-state index is 1.50. The maximum atomic E-state index is 1.50. The van der Waals surface area contributed by atoms with Gasteiger partial charge in [-0.05, 0) is 0 Å². The Bertz CT molecular complexity index is 444. The van der Waals surface area contributed by atoms with Crippen molar-refractivity contribution in [1.82, 2.24) is 0 Å². The summed E-state index contributed by atoms with van der Waals surface area (Å²) in [6.45, 7) is 0. The van der Waals surface area contributed by atoms with E-state index in [1.54, 1.807) is 0 Å². The molecule has 1 rings (SSSR count).